The third-order valence-electron chi connectivity index (χ3n) is 6.02. The van der Waals surface area contributed by atoms with E-state index in [-0.39, 0.29) is 35.3 Å². The molecular weight excluding hydrogens is 416 g/mol. The number of nitrogens with one attached hydrogen (secondary N) is 2. The molecular formula is C22H28N4O4S. The Morgan fingerprint density at radius 1 is 1.06 bits per heavy atom. The highest BCUT2D eigenvalue weighted by molar-refractivity contribution is 7.91. The highest BCUT2D eigenvalue weighted by Gasteiger charge is 2.31. The molecule has 2 aromatic rings. The molecule has 2 aliphatic rings. The van der Waals surface area contributed by atoms with Gasteiger partial charge in [-0.1, -0.05) is 25.3 Å². The third-order valence-corrected chi connectivity index (χ3v) is 7.77. The van der Waals surface area contributed by atoms with Crippen molar-refractivity contribution < 1.29 is 18.0 Å². The first-order chi connectivity index (χ1) is 14.8. The van der Waals surface area contributed by atoms with Crippen LogP contribution in [0.15, 0.2) is 30.3 Å². The van der Waals surface area contributed by atoms with Gasteiger partial charge in [0.05, 0.1) is 23.2 Å². The molecule has 2 heterocycles. The van der Waals surface area contributed by atoms with Crippen LogP contribution in [-0.2, 0) is 14.6 Å². The lowest BCUT2D eigenvalue weighted by molar-refractivity contribution is -0.120. The SMILES string of the molecule is Cc1cc(NC(=O)c2cccc(NC(=O)C3CCCCC3)c2)n(C2CCS(=O)(=O)C2)n1. The number of anilines is 2. The molecule has 4 rings (SSSR count). The van der Waals surface area contributed by atoms with E-state index < -0.39 is 9.84 Å². The van der Waals surface area contributed by atoms with E-state index in [4.69, 9.17) is 0 Å². The molecule has 2 fully saturated rings. The van der Waals surface area contributed by atoms with Crippen molar-refractivity contribution in [1.29, 1.82) is 0 Å². The van der Waals surface area contributed by atoms with Crippen molar-refractivity contribution in [2.24, 2.45) is 5.92 Å². The Balaban J connectivity index is 1.46. The molecule has 8 nitrogen and oxygen atoms in total. The van der Waals surface area contributed by atoms with Gasteiger partial charge in [0.2, 0.25) is 5.91 Å². The van der Waals surface area contributed by atoms with Crippen LogP contribution in [0.5, 0.6) is 0 Å². The zero-order valence-corrected chi connectivity index (χ0v) is 18.5. The number of sulfone groups is 1. The van der Waals surface area contributed by atoms with Crippen LogP contribution in [0.25, 0.3) is 0 Å². The Bertz CT molecular complexity index is 1090. The zero-order chi connectivity index (χ0) is 22.0. The van der Waals surface area contributed by atoms with Crippen molar-refractivity contribution in [3.05, 3.63) is 41.6 Å². The Kier molecular flexibility index (Phi) is 6.13. The van der Waals surface area contributed by atoms with Crippen molar-refractivity contribution in [3.8, 4) is 0 Å². The number of benzene rings is 1. The number of rotatable bonds is 5. The molecule has 0 bridgehead atoms. The molecule has 31 heavy (non-hydrogen) atoms. The molecule has 2 N–H and O–H groups in total. The molecule has 1 saturated heterocycles. The summed E-state index contributed by atoms with van der Waals surface area (Å²) < 4.78 is 25.3. The van der Waals surface area contributed by atoms with Crippen LogP contribution in [0.4, 0.5) is 11.5 Å². The summed E-state index contributed by atoms with van der Waals surface area (Å²) in [6.45, 7) is 1.80. The largest absolute Gasteiger partial charge is 0.326 e. The van der Waals surface area contributed by atoms with Gasteiger partial charge in [-0.05, 0) is 44.4 Å². The van der Waals surface area contributed by atoms with Crippen molar-refractivity contribution in [2.45, 2.75) is 51.5 Å². The fraction of sp³-hybridized carbons (Fsp3) is 0.500. The molecule has 1 saturated carbocycles. The predicted molar refractivity (Wildman–Crippen MR) is 119 cm³/mol. The van der Waals surface area contributed by atoms with Gasteiger partial charge in [0.1, 0.15) is 5.82 Å². The minimum Gasteiger partial charge on any atom is -0.326 e. The maximum absolute atomic E-state index is 12.9. The average molecular weight is 445 g/mol. The summed E-state index contributed by atoms with van der Waals surface area (Å²) in [4.78, 5) is 25.4. The molecule has 1 aliphatic heterocycles. The van der Waals surface area contributed by atoms with E-state index in [2.05, 4.69) is 15.7 Å². The molecule has 166 valence electrons. The smallest absolute Gasteiger partial charge is 0.256 e. The van der Waals surface area contributed by atoms with Crippen molar-refractivity contribution in [3.63, 3.8) is 0 Å². The third kappa shape index (κ3) is 5.15. The van der Waals surface area contributed by atoms with Crippen molar-refractivity contribution >= 4 is 33.2 Å². The monoisotopic (exact) mass is 444 g/mol. The van der Waals surface area contributed by atoms with Gasteiger partial charge in [0, 0.05) is 23.2 Å². The number of nitrogens with zero attached hydrogens (tertiary/aromatic N) is 2. The minimum atomic E-state index is -3.07. The minimum absolute atomic E-state index is 0.00778. The van der Waals surface area contributed by atoms with Gasteiger partial charge in [-0.25, -0.2) is 13.1 Å². The van der Waals surface area contributed by atoms with Crippen molar-refractivity contribution in [1.82, 2.24) is 9.78 Å². The molecule has 1 aromatic heterocycles. The van der Waals surface area contributed by atoms with E-state index in [1.54, 1.807) is 41.9 Å². The Morgan fingerprint density at radius 3 is 2.55 bits per heavy atom. The Hall–Kier alpha value is -2.68. The summed E-state index contributed by atoms with van der Waals surface area (Å²) in [5, 5.41) is 10.2. The standard InChI is InChI=1S/C22H28N4O4S/c1-15-12-20(26(25-15)19-10-11-31(29,30)14-19)24-22(28)17-8-5-9-18(13-17)23-21(27)16-6-3-2-4-7-16/h5,8-9,12-13,16,19H,2-4,6-7,10-11,14H2,1H3,(H,23,27)(H,24,28). The van der Waals surface area contributed by atoms with E-state index in [0.29, 0.717) is 29.2 Å². The zero-order valence-electron chi connectivity index (χ0n) is 17.6. The quantitative estimate of drug-likeness (QED) is 0.735. The molecule has 1 atom stereocenters. The van der Waals surface area contributed by atoms with E-state index in [1.807, 2.05) is 0 Å². The first kappa shape index (κ1) is 21.5. The lowest BCUT2D eigenvalue weighted by atomic mass is 9.88. The van der Waals surface area contributed by atoms with Crippen LogP contribution >= 0.6 is 0 Å². The van der Waals surface area contributed by atoms with Gasteiger partial charge < -0.3 is 10.6 Å². The number of hydrogen-bond donors (Lipinski definition) is 2. The summed E-state index contributed by atoms with van der Waals surface area (Å²) in [6, 6.07) is 8.29. The van der Waals surface area contributed by atoms with Crippen LogP contribution in [-0.4, -0.2) is 41.5 Å². The second-order valence-electron chi connectivity index (χ2n) is 8.53. The Labute approximate surface area is 182 Å². The van der Waals surface area contributed by atoms with Crippen LogP contribution in [0.3, 0.4) is 0 Å². The summed E-state index contributed by atoms with van der Waals surface area (Å²) in [5.74, 6) is 0.337. The number of carbonyl (C=O) groups is 2. The van der Waals surface area contributed by atoms with E-state index in [9.17, 15) is 18.0 Å². The van der Waals surface area contributed by atoms with Gasteiger partial charge in [0.15, 0.2) is 9.84 Å². The summed E-state index contributed by atoms with van der Waals surface area (Å²) in [7, 11) is -3.07. The van der Waals surface area contributed by atoms with E-state index >= 15 is 0 Å². The molecule has 0 spiro atoms. The first-order valence-electron chi connectivity index (χ1n) is 10.8. The lowest BCUT2D eigenvalue weighted by Gasteiger charge is -2.20. The van der Waals surface area contributed by atoms with Gasteiger partial charge >= 0.3 is 0 Å². The van der Waals surface area contributed by atoms with Crippen LogP contribution in [0, 0.1) is 12.8 Å². The normalized spacial score (nSPS) is 21.0. The van der Waals surface area contributed by atoms with Crippen LogP contribution < -0.4 is 10.6 Å². The van der Waals surface area contributed by atoms with Gasteiger partial charge in [-0.3, -0.25) is 9.59 Å². The first-order valence-corrected chi connectivity index (χ1v) is 12.6. The maximum Gasteiger partial charge on any atom is 0.256 e. The average Bonchev–Trinajstić information content (AvgIpc) is 3.30. The summed E-state index contributed by atoms with van der Waals surface area (Å²) in [5.41, 5.74) is 1.70. The highest BCUT2D eigenvalue weighted by Crippen LogP contribution is 2.28. The van der Waals surface area contributed by atoms with E-state index in [1.165, 1.54) is 6.42 Å². The van der Waals surface area contributed by atoms with Crippen molar-refractivity contribution in [2.75, 3.05) is 22.1 Å². The maximum atomic E-state index is 12.9. The fourth-order valence-electron chi connectivity index (χ4n) is 4.39. The number of aryl methyl sites for hydroxylation is 1. The van der Waals surface area contributed by atoms with Crippen LogP contribution in [0.2, 0.25) is 0 Å². The fourth-order valence-corrected chi connectivity index (χ4v) is 6.08. The molecule has 9 heteroatoms. The van der Waals surface area contributed by atoms with E-state index in [0.717, 1.165) is 25.7 Å². The van der Waals surface area contributed by atoms with Gasteiger partial charge in [-0.2, -0.15) is 5.10 Å². The lowest BCUT2D eigenvalue weighted by Crippen LogP contribution is -2.25. The topological polar surface area (TPSA) is 110 Å². The molecule has 1 aliphatic carbocycles. The number of hydrogen-bond acceptors (Lipinski definition) is 5. The molecule has 1 aromatic carbocycles. The second kappa shape index (κ2) is 8.82. The second-order valence-corrected chi connectivity index (χ2v) is 10.8. The summed E-state index contributed by atoms with van der Waals surface area (Å²) >= 11 is 0. The summed E-state index contributed by atoms with van der Waals surface area (Å²) in [6.07, 6.45) is 5.64. The molecule has 1 unspecified atom stereocenters. The Morgan fingerprint density at radius 2 is 1.84 bits per heavy atom. The van der Waals surface area contributed by atoms with Crippen LogP contribution in [0.1, 0.15) is 60.6 Å². The number of carbonyl (C=O) groups excluding carboxylic acids is 2. The van der Waals surface area contributed by atoms with Gasteiger partial charge in [0.25, 0.3) is 5.91 Å². The molecule has 2 amide bonds. The van der Waals surface area contributed by atoms with Gasteiger partial charge in [-0.15, -0.1) is 0 Å². The molecule has 0 radical (unpaired) electrons. The highest BCUT2D eigenvalue weighted by atomic mass is 32.2. The number of amides is 2. The number of aromatic nitrogens is 2. The predicted octanol–water partition coefficient (Wildman–Crippen LogP) is 3.32.